The number of aliphatic hydroxyl groups is 1. The Morgan fingerprint density at radius 1 is 1.25 bits per heavy atom. The minimum Gasteiger partial charge on any atom is -0.497 e. The Morgan fingerprint density at radius 3 is 2.55 bits per heavy atom. The molecule has 0 aliphatic heterocycles. The van der Waals surface area contributed by atoms with Crippen LogP contribution in [0.3, 0.4) is 0 Å². The fraction of sp³-hybridized carbons (Fsp3) is 0.533. The first-order valence-electron chi connectivity index (χ1n) is 7.01. The number of nitrogens with one attached hydrogen (secondary N) is 2. The van der Waals surface area contributed by atoms with E-state index in [4.69, 9.17) is 4.74 Å². The number of carbonyl (C=O) groups excluding carboxylic acids is 1. The summed E-state index contributed by atoms with van der Waals surface area (Å²) in [7, 11) is 1.59. The fourth-order valence-electron chi connectivity index (χ4n) is 1.77. The van der Waals surface area contributed by atoms with Crippen molar-refractivity contribution in [2.45, 2.75) is 32.3 Å². The molecule has 5 nitrogen and oxygen atoms in total. The molecule has 1 atom stereocenters. The molecule has 5 heteroatoms. The van der Waals surface area contributed by atoms with Crippen LogP contribution in [0.15, 0.2) is 24.3 Å². The smallest absolute Gasteiger partial charge is 0.314 e. The van der Waals surface area contributed by atoms with Crippen molar-refractivity contribution in [2.75, 3.05) is 20.2 Å². The van der Waals surface area contributed by atoms with Crippen molar-refractivity contribution in [2.24, 2.45) is 0 Å². The van der Waals surface area contributed by atoms with Crippen molar-refractivity contribution in [3.63, 3.8) is 0 Å². The highest BCUT2D eigenvalue weighted by molar-refractivity contribution is 5.73. The Labute approximate surface area is 120 Å². The number of ether oxygens (including phenoxy) is 1. The van der Waals surface area contributed by atoms with E-state index in [1.807, 2.05) is 0 Å². The molecule has 1 unspecified atom stereocenters. The summed E-state index contributed by atoms with van der Waals surface area (Å²) in [5.41, 5.74) is 0.747. The van der Waals surface area contributed by atoms with Crippen LogP contribution >= 0.6 is 0 Å². The maximum Gasteiger partial charge on any atom is 0.314 e. The van der Waals surface area contributed by atoms with Gasteiger partial charge >= 0.3 is 6.03 Å². The maximum atomic E-state index is 11.5. The minimum absolute atomic E-state index is 0.186. The van der Waals surface area contributed by atoms with Gasteiger partial charge in [-0.3, -0.25) is 0 Å². The van der Waals surface area contributed by atoms with Gasteiger partial charge in [0.1, 0.15) is 5.75 Å². The second-order valence-electron chi connectivity index (χ2n) is 4.63. The third-order valence-electron chi connectivity index (χ3n) is 3.02. The predicted molar refractivity (Wildman–Crippen MR) is 78.9 cm³/mol. The largest absolute Gasteiger partial charge is 0.497 e. The third-order valence-corrected chi connectivity index (χ3v) is 3.02. The zero-order chi connectivity index (χ0) is 14.8. The van der Waals surface area contributed by atoms with Crippen molar-refractivity contribution < 1.29 is 14.6 Å². The number of aliphatic hydroxyl groups excluding tert-OH is 1. The summed E-state index contributed by atoms with van der Waals surface area (Å²) in [6, 6.07) is 6.88. The average Bonchev–Trinajstić information content (AvgIpc) is 2.49. The zero-order valence-electron chi connectivity index (χ0n) is 12.2. The summed E-state index contributed by atoms with van der Waals surface area (Å²) in [5, 5.41) is 15.4. The number of benzene rings is 1. The molecule has 0 fully saturated rings. The van der Waals surface area contributed by atoms with E-state index in [1.54, 1.807) is 31.4 Å². The van der Waals surface area contributed by atoms with Crippen LogP contribution in [0.25, 0.3) is 0 Å². The number of hydrogen-bond acceptors (Lipinski definition) is 3. The van der Waals surface area contributed by atoms with E-state index >= 15 is 0 Å². The van der Waals surface area contributed by atoms with Crippen LogP contribution in [0.1, 0.15) is 37.9 Å². The molecule has 0 saturated heterocycles. The van der Waals surface area contributed by atoms with E-state index in [0.29, 0.717) is 6.54 Å². The van der Waals surface area contributed by atoms with Crippen LogP contribution in [0.5, 0.6) is 5.75 Å². The van der Waals surface area contributed by atoms with E-state index in [9.17, 15) is 9.90 Å². The molecule has 1 rings (SSSR count). The molecule has 0 bridgehead atoms. The molecule has 0 radical (unpaired) electrons. The zero-order valence-corrected chi connectivity index (χ0v) is 12.2. The molecule has 20 heavy (non-hydrogen) atoms. The van der Waals surface area contributed by atoms with Gasteiger partial charge in [-0.1, -0.05) is 31.9 Å². The highest BCUT2D eigenvalue weighted by Crippen LogP contribution is 2.16. The quantitative estimate of drug-likeness (QED) is 0.639. The molecule has 0 spiro atoms. The van der Waals surface area contributed by atoms with Crippen LogP contribution in [0, 0.1) is 0 Å². The SMILES string of the molecule is CCCCCNC(=O)NCC(O)c1ccc(OC)cc1. The molecule has 0 aliphatic rings. The molecular weight excluding hydrogens is 256 g/mol. The average molecular weight is 280 g/mol. The molecular formula is C15H24N2O3. The summed E-state index contributed by atoms with van der Waals surface area (Å²) in [5.74, 6) is 0.738. The van der Waals surface area contributed by atoms with E-state index in [0.717, 1.165) is 30.6 Å². The first kappa shape index (κ1) is 16.3. The summed E-state index contributed by atoms with van der Waals surface area (Å²) in [6.45, 7) is 2.97. The fourth-order valence-corrected chi connectivity index (χ4v) is 1.77. The Bertz CT molecular complexity index is 393. The molecule has 0 aromatic heterocycles. The van der Waals surface area contributed by atoms with Gasteiger partial charge in [0.2, 0.25) is 0 Å². The molecule has 0 heterocycles. The normalized spacial score (nSPS) is 11.8. The monoisotopic (exact) mass is 280 g/mol. The molecule has 112 valence electrons. The van der Waals surface area contributed by atoms with Crippen LogP contribution in [0.2, 0.25) is 0 Å². The van der Waals surface area contributed by atoms with Crippen molar-refractivity contribution in [1.29, 1.82) is 0 Å². The van der Waals surface area contributed by atoms with Crippen molar-refractivity contribution >= 4 is 6.03 Å². The predicted octanol–water partition coefficient (Wildman–Crippen LogP) is 2.22. The second-order valence-corrected chi connectivity index (χ2v) is 4.63. The maximum absolute atomic E-state index is 11.5. The van der Waals surface area contributed by atoms with Gasteiger partial charge in [-0.05, 0) is 24.1 Å². The van der Waals surface area contributed by atoms with Crippen LogP contribution in [-0.2, 0) is 0 Å². The molecule has 1 aromatic rings. The highest BCUT2D eigenvalue weighted by Gasteiger charge is 2.09. The van der Waals surface area contributed by atoms with Gasteiger partial charge in [0.15, 0.2) is 0 Å². The van der Waals surface area contributed by atoms with Gasteiger partial charge < -0.3 is 20.5 Å². The number of rotatable bonds is 8. The van der Waals surface area contributed by atoms with Gasteiger partial charge in [-0.25, -0.2) is 4.79 Å². The van der Waals surface area contributed by atoms with Gasteiger partial charge in [0.05, 0.1) is 13.2 Å². The first-order chi connectivity index (χ1) is 9.67. The molecule has 0 aliphatic carbocycles. The Balaban J connectivity index is 2.27. The summed E-state index contributed by atoms with van der Waals surface area (Å²) in [4.78, 5) is 11.5. The summed E-state index contributed by atoms with van der Waals surface area (Å²) in [6.07, 6.45) is 2.49. The number of amides is 2. The second kappa shape index (κ2) is 9.20. The van der Waals surface area contributed by atoms with Gasteiger partial charge in [0, 0.05) is 13.1 Å². The summed E-state index contributed by atoms with van der Waals surface area (Å²) >= 11 is 0. The number of unbranched alkanes of at least 4 members (excludes halogenated alkanes) is 2. The number of carbonyl (C=O) groups is 1. The number of methoxy groups -OCH3 is 1. The van der Waals surface area contributed by atoms with Crippen molar-refractivity contribution in [1.82, 2.24) is 10.6 Å². The van der Waals surface area contributed by atoms with E-state index in [-0.39, 0.29) is 12.6 Å². The van der Waals surface area contributed by atoms with Gasteiger partial charge in [-0.2, -0.15) is 0 Å². The number of hydrogen-bond donors (Lipinski definition) is 3. The van der Waals surface area contributed by atoms with E-state index in [1.165, 1.54) is 0 Å². The highest BCUT2D eigenvalue weighted by atomic mass is 16.5. The lowest BCUT2D eigenvalue weighted by Crippen LogP contribution is -2.38. The van der Waals surface area contributed by atoms with Crippen molar-refractivity contribution in [3.05, 3.63) is 29.8 Å². The van der Waals surface area contributed by atoms with Crippen LogP contribution in [0.4, 0.5) is 4.79 Å². The topological polar surface area (TPSA) is 70.6 Å². The Hall–Kier alpha value is -1.75. The first-order valence-corrected chi connectivity index (χ1v) is 7.01. The third kappa shape index (κ3) is 5.93. The van der Waals surface area contributed by atoms with Crippen molar-refractivity contribution in [3.8, 4) is 5.75 Å². The Morgan fingerprint density at radius 2 is 1.95 bits per heavy atom. The number of urea groups is 1. The summed E-state index contributed by atoms with van der Waals surface area (Å²) < 4.78 is 5.05. The van der Waals surface area contributed by atoms with E-state index in [2.05, 4.69) is 17.6 Å². The lowest BCUT2D eigenvalue weighted by atomic mass is 10.1. The molecule has 2 amide bonds. The molecule has 0 saturated carbocycles. The van der Waals surface area contributed by atoms with Gasteiger partial charge in [0.25, 0.3) is 0 Å². The lowest BCUT2D eigenvalue weighted by molar-refractivity contribution is 0.173. The lowest BCUT2D eigenvalue weighted by Gasteiger charge is -2.13. The molecule has 3 N–H and O–H groups in total. The van der Waals surface area contributed by atoms with E-state index < -0.39 is 6.10 Å². The van der Waals surface area contributed by atoms with Crippen LogP contribution in [-0.4, -0.2) is 31.3 Å². The Kier molecular flexibility index (Phi) is 7.50. The van der Waals surface area contributed by atoms with Gasteiger partial charge in [-0.15, -0.1) is 0 Å². The minimum atomic E-state index is -0.720. The molecule has 1 aromatic carbocycles. The standard InChI is InChI=1S/C15H24N2O3/c1-3-4-5-10-16-15(19)17-11-14(18)12-6-8-13(20-2)9-7-12/h6-9,14,18H,3-5,10-11H2,1-2H3,(H2,16,17,19). The van der Waals surface area contributed by atoms with Crippen LogP contribution < -0.4 is 15.4 Å².